The molecule has 1 saturated heterocycles. The lowest BCUT2D eigenvalue weighted by Crippen LogP contribution is -2.36. The van der Waals surface area contributed by atoms with Crippen molar-refractivity contribution in [2.24, 2.45) is 5.92 Å². The van der Waals surface area contributed by atoms with E-state index in [0.29, 0.717) is 19.1 Å². The summed E-state index contributed by atoms with van der Waals surface area (Å²) in [5.74, 6) is 1.40. The fraction of sp³-hybridized carbons (Fsp3) is 0.647. The molecule has 2 N–H and O–H groups in total. The smallest absolute Gasteiger partial charge is 0.119 e. The first kappa shape index (κ1) is 16.3. The molecule has 2 atom stereocenters. The Kier molecular flexibility index (Phi) is 7.00. The van der Waals surface area contributed by atoms with Gasteiger partial charge in [-0.15, -0.1) is 0 Å². The van der Waals surface area contributed by atoms with Crippen molar-refractivity contribution < 1.29 is 14.6 Å². The lowest BCUT2D eigenvalue weighted by atomic mass is 10.0. The van der Waals surface area contributed by atoms with Gasteiger partial charge in [-0.2, -0.15) is 0 Å². The Bertz CT molecular complexity index is 405. The Hall–Kier alpha value is -1.10. The molecule has 1 aromatic carbocycles. The van der Waals surface area contributed by atoms with Crippen LogP contribution in [0.2, 0.25) is 0 Å². The molecule has 0 spiro atoms. The number of rotatable bonds is 8. The first-order valence-corrected chi connectivity index (χ1v) is 7.96. The molecule has 1 heterocycles. The van der Waals surface area contributed by atoms with Crippen LogP contribution >= 0.6 is 0 Å². The standard InChI is InChI=1S/C17H27NO3/c1-2-14-5-3-7-17(9-14)21-13-16(19)11-18-10-15-6-4-8-20-12-15/h3,5,7,9,15-16,18-19H,2,4,6,8,10-13H2,1H3. The number of aliphatic hydroxyl groups excluding tert-OH is 1. The summed E-state index contributed by atoms with van der Waals surface area (Å²) in [6.07, 6.45) is 2.86. The van der Waals surface area contributed by atoms with Gasteiger partial charge in [0.15, 0.2) is 0 Å². The average Bonchev–Trinajstić information content (AvgIpc) is 2.54. The van der Waals surface area contributed by atoms with Crippen molar-refractivity contribution in [3.63, 3.8) is 0 Å². The van der Waals surface area contributed by atoms with Crippen LogP contribution in [0.3, 0.4) is 0 Å². The molecule has 118 valence electrons. The Labute approximate surface area is 127 Å². The van der Waals surface area contributed by atoms with E-state index in [4.69, 9.17) is 9.47 Å². The van der Waals surface area contributed by atoms with E-state index < -0.39 is 6.10 Å². The van der Waals surface area contributed by atoms with Crippen LogP contribution < -0.4 is 10.1 Å². The van der Waals surface area contributed by atoms with Crippen molar-refractivity contribution in [2.75, 3.05) is 32.9 Å². The summed E-state index contributed by atoms with van der Waals surface area (Å²) in [6, 6.07) is 8.02. The minimum absolute atomic E-state index is 0.321. The molecule has 0 saturated carbocycles. The van der Waals surface area contributed by atoms with Crippen LogP contribution in [0.4, 0.5) is 0 Å². The highest BCUT2D eigenvalue weighted by Gasteiger charge is 2.14. The summed E-state index contributed by atoms with van der Waals surface area (Å²) in [7, 11) is 0. The molecule has 4 heteroatoms. The molecule has 2 rings (SSSR count). The van der Waals surface area contributed by atoms with E-state index in [9.17, 15) is 5.11 Å². The summed E-state index contributed by atoms with van der Waals surface area (Å²) in [5.41, 5.74) is 1.25. The molecule has 0 bridgehead atoms. The fourth-order valence-corrected chi connectivity index (χ4v) is 2.53. The second kappa shape index (κ2) is 9.03. The van der Waals surface area contributed by atoms with E-state index in [-0.39, 0.29) is 0 Å². The van der Waals surface area contributed by atoms with E-state index in [0.717, 1.165) is 38.3 Å². The van der Waals surface area contributed by atoms with Gasteiger partial charge in [0.25, 0.3) is 0 Å². The van der Waals surface area contributed by atoms with E-state index >= 15 is 0 Å². The predicted octanol–water partition coefficient (Wildman–Crippen LogP) is 2.00. The van der Waals surface area contributed by atoms with Crippen molar-refractivity contribution in [3.8, 4) is 5.75 Å². The molecule has 0 amide bonds. The molecule has 0 radical (unpaired) electrons. The van der Waals surface area contributed by atoms with Gasteiger partial charge in [-0.1, -0.05) is 19.1 Å². The second-order valence-electron chi connectivity index (χ2n) is 5.71. The quantitative estimate of drug-likeness (QED) is 0.770. The van der Waals surface area contributed by atoms with Crippen LogP contribution in [0.1, 0.15) is 25.3 Å². The van der Waals surface area contributed by atoms with E-state index in [1.807, 2.05) is 18.2 Å². The van der Waals surface area contributed by atoms with Gasteiger partial charge in [0.05, 0.1) is 6.61 Å². The Morgan fingerprint density at radius 3 is 3.14 bits per heavy atom. The van der Waals surface area contributed by atoms with Crippen molar-refractivity contribution in [3.05, 3.63) is 29.8 Å². The maximum absolute atomic E-state index is 9.95. The number of benzene rings is 1. The zero-order valence-electron chi connectivity index (χ0n) is 12.9. The second-order valence-corrected chi connectivity index (χ2v) is 5.71. The Morgan fingerprint density at radius 1 is 1.48 bits per heavy atom. The summed E-state index contributed by atoms with van der Waals surface area (Å²) in [4.78, 5) is 0. The molecular formula is C17H27NO3. The van der Waals surface area contributed by atoms with Crippen LogP contribution in [0.25, 0.3) is 0 Å². The lowest BCUT2D eigenvalue weighted by molar-refractivity contribution is 0.0516. The van der Waals surface area contributed by atoms with Gasteiger partial charge in [0.2, 0.25) is 0 Å². The summed E-state index contributed by atoms with van der Waals surface area (Å²) < 4.78 is 11.1. The third kappa shape index (κ3) is 6.04. The minimum Gasteiger partial charge on any atom is -0.491 e. The van der Waals surface area contributed by atoms with Crippen LogP contribution in [0.15, 0.2) is 24.3 Å². The largest absolute Gasteiger partial charge is 0.491 e. The van der Waals surface area contributed by atoms with Gasteiger partial charge in [0, 0.05) is 19.7 Å². The molecule has 1 aliphatic heterocycles. The molecule has 0 aliphatic carbocycles. The minimum atomic E-state index is -0.486. The van der Waals surface area contributed by atoms with E-state index in [1.165, 1.54) is 12.0 Å². The summed E-state index contributed by atoms with van der Waals surface area (Å²) in [5, 5.41) is 13.3. The van der Waals surface area contributed by atoms with Crippen molar-refractivity contribution >= 4 is 0 Å². The molecule has 0 aromatic heterocycles. The van der Waals surface area contributed by atoms with Crippen molar-refractivity contribution in [1.82, 2.24) is 5.32 Å². The molecule has 1 aliphatic rings. The SMILES string of the molecule is CCc1cccc(OCC(O)CNCC2CCCOC2)c1. The normalized spacial score (nSPS) is 20.2. The lowest BCUT2D eigenvalue weighted by Gasteiger charge is -2.23. The maximum atomic E-state index is 9.95. The summed E-state index contributed by atoms with van der Waals surface area (Å²) in [6.45, 7) is 5.63. The number of aliphatic hydroxyl groups is 1. The molecule has 21 heavy (non-hydrogen) atoms. The zero-order valence-corrected chi connectivity index (χ0v) is 12.9. The Morgan fingerprint density at radius 2 is 2.38 bits per heavy atom. The number of hydrogen-bond donors (Lipinski definition) is 2. The first-order chi connectivity index (χ1) is 10.3. The van der Waals surface area contributed by atoms with Crippen LogP contribution in [-0.2, 0) is 11.2 Å². The predicted molar refractivity (Wildman–Crippen MR) is 83.7 cm³/mol. The third-order valence-corrected chi connectivity index (χ3v) is 3.82. The van der Waals surface area contributed by atoms with E-state index in [1.54, 1.807) is 0 Å². The van der Waals surface area contributed by atoms with Crippen molar-refractivity contribution in [2.45, 2.75) is 32.3 Å². The van der Waals surface area contributed by atoms with Crippen LogP contribution in [0, 0.1) is 5.92 Å². The molecule has 1 fully saturated rings. The number of nitrogens with one attached hydrogen (secondary N) is 1. The summed E-state index contributed by atoms with van der Waals surface area (Å²) >= 11 is 0. The third-order valence-electron chi connectivity index (χ3n) is 3.82. The number of ether oxygens (including phenoxy) is 2. The Balaban J connectivity index is 1.61. The fourth-order valence-electron chi connectivity index (χ4n) is 2.53. The topological polar surface area (TPSA) is 50.7 Å². The highest BCUT2D eigenvalue weighted by atomic mass is 16.5. The molecule has 4 nitrogen and oxygen atoms in total. The van der Waals surface area contributed by atoms with Crippen molar-refractivity contribution in [1.29, 1.82) is 0 Å². The van der Waals surface area contributed by atoms with Gasteiger partial charge in [0.1, 0.15) is 18.5 Å². The van der Waals surface area contributed by atoms with Gasteiger partial charge < -0.3 is 19.9 Å². The highest BCUT2D eigenvalue weighted by molar-refractivity contribution is 5.28. The van der Waals surface area contributed by atoms with Gasteiger partial charge in [-0.05, 0) is 42.9 Å². The van der Waals surface area contributed by atoms with Gasteiger partial charge in [-0.3, -0.25) is 0 Å². The number of hydrogen-bond acceptors (Lipinski definition) is 4. The molecule has 1 aromatic rings. The molecular weight excluding hydrogens is 266 g/mol. The monoisotopic (exact) mass is 293 g/mol. The zero-order chi connectivity index (χ0) is 14.9. The number of aryl methyl sites for hydroxylation is 1. The van der Waals surface area contributed by atoms with E-state index in [2.05, 4.69) is 18.3 Å². The van der Waals surface area contributed by atoms with Gasteiger partial charge >= 0.3 is 0 Å². The first-order valence-electron chi connectivity index (χ1n) is 7.96. The van der Waals surface area contributed by atoms with Crippen LogP contribution in [0.5, 0.6) is 5.75 Å². The maximum Gasteiger partial charge on any atom is 0.119 e. The highest BCUT2D eigenvalue weighted by Crippen LogP contribution is 2.14. The average molecular weight is 293 g/mol. The van der Waals surface area contributed by atoms with Crippen LogP contribution in [-0.4, -0.2) is 44.1 Å². The van der Waals surface area contributed by atoms with Gasteiger partial charge in [-0.25, -0.2) is 0 Å². The molecule has 2 unspecified atom stereocenters.